The maximum absolute atomic E-state index is 12.0. The summed E-state index contributed by atoms with van der Waals surface area (Å²) in [4.78, 5) is 23.8. The molecule has 0 aromatic heterocycles. The van der Waals surface area contributed by atoms with Gasteiger partial charge in [0.15, 0.2) is 0 Å². The van der Waals surface area contributed by atoms with Crippen molar-refractivity contribution >= 4 is 24.2 Å². The van der Waals surface area contributed by atoms with Crippen LogP contribution >= 0.6 is 12.4 Å². The number of benzene rings is 1. The summed E-state index contributed by atoms with van der Waals surface area (Å²) in [5.41, 5.74) is 1.58. The average molecular weight is 354 g/mol. The summed E-state index contributed by atoms with van der Waals surface area (Å²) in [7, 11) is 0. The van der Waals surface area contributed by atoms with Crippen LogP contribution in [0, 0.1) is 5.92 Å². The molecule has 0 radical (unpaired) electrons. The molecule has 3 N–H and O–H groups in total. The van der Waals surface area contributed by atoms with Gasteiger partial charge in [-0.3, -0.25) is 9.59 Å². The third-order valence-corrected chi connectivity index (χ3v) is 4.25. The third kappa shape index (κ3) is 6.89. The predicted molar refractivity (Wildman–Crippen MR) is 98.4 cm³/mol. The van der Waals surface area contributed by atoms with E-state index in [-0.39, 0.29) is 24.2 Å². The molecule has 2 rings (SSSR count). The van der Waals surface area contributed by atoms with Crippen LogP contribution in [0.3, 0.4) is 0 Å². The Morgan fingerprint density at radius 2 is 1.96 bits per heavy atom. The van der Waals surface area contributed by atoms with E-state index in [0.717, 1.165) is 25.1 Å². The second kappa shape index (κ2) is 11.0. The zero-order chi connectivity index (χ0) is 16.5. The van der Waals surface area contributed by atoms with Crippen molar-refractivity contribution in [3.05, 3.63) is 35.4 Å². The molecule has 1 saturated heterocycles. The molecule has 0 aliphatic carbocycles. The standard InChI is InChI=1S/C18H27N3O2.ClH/c1-2-20-18(23)16-5-3-4-15(12-16)13-21-17(22)7-6-14-8-10-19-11-9-14;/h3-5,12,14,19H,2,6-11,13H2,1H3,(H,20,23)(H,21,22);1H. The Labute approximate surface area is 150 Å². The van der Waals surface area contributed by atoms with Crippen LogP contribution in [0.5, 0.6) is 0 Å². The number of amides is 2. The van der Waals surface area contributed by atoms with Gasteiger partial charge >= 0.3 is 0 Å². The first kappa shape index (κ1) is 20.5. The lowest BCUT2D eigenvalue weighted by atomic mass is 9.93. The van der Waals surface area contributed by atoms with Crippen LogP contribution in [0.15, 0.2) is 24.3 Å². The van der Waals surface area contributed by atoms with Gasteiger partial charge in [-0.2, -0.15) is 0 Å². The van der Waals surface area contributed by atoms with Crippen LogP contribution in [0.1, 0.15) is 48.5 Å². The molecular weight excluding hydrogens is 326 g/mol. The van der Waals surface area contributed by atoms with Crippen molar-refractivity contribution in [1.82, 2.24) is 16.0 Å². The second-order valence-electron chi connectivity index (χ2n) is 6.07. The van der Waals surface area contributed by atoms with E-state index in [9.17, 15) is 9.59 Å². The molecule has 6 heteroatoms. The van der Waals surface area contributed by atoms with Crippen LogP contribution in [-0.4, -0.2) is 31.4 Å². The maximum Gasteiger partial charge on any atom is 0.251 e. The molecule has 0 saturated carbocycles. The molecule has 1 aromatic rings. The quantitative estimate of drug-likeness (QED) is 0.704. The predicted octanol–water partition coefficient (Wildman–Crippen LogP) is 2.25. The molecule has 0 atom stereocenters. The van der Waals surface area contributed by atoms with Crippen LogP contribution in [-0.2, 0) is 11.3 Å². The Morgan fingerprint density at radius 1 is 1.21 bits per heavy atom. The summed E-state index contributed by atoms with van der Waals surface area (Å²) in [5, 5.41) is 9.07. The number of hydrogen-bond donors (Lipinski definition) is 3. The highest BCUT2D eigenvalue weighted by Crippen LogP contribution is 2.17. The minimum atomic E-state index is -0.0772. The first-order valence-corrected chi connectivity index (χ1v) is 8.53. The molecule has 134 valence electrons. The topological polar surface area (TPSA) is 70.2 Å². The Balaban J connectivity index is 0.00000288. The number of nitrogens with one attached hydrogen (secondary N) is 3. The molecule has 1 aromatic carbocycles. The van der Waals surface area contributed by atoms with Crippen LogP contribution < -0.4 is 16.0 Å². The largest absolute Gasteiger partial charge is 0.352 e. The first-order valence-electron chi connectivity index (χ1n) is 8.53. The van der Waals surface area contributed by atoms with Crippen molar-refractivity contribution in [2.24, 2.45) is 5.92 Å². The van der Waals surface area contributed by atoms with Crippen molar-refractivity contribution < 1.29 is 9.59 Å². The second-order valence-corrected chi connectivity index (χ2v) is 6.07. The Morgan fingerprint density at radius 3 is 2.67 bits per heavy atom. The zero-order valence-electron chi connectivity index (χ0n) is 14.3. The van der Waals surface area contributed by atoms with Crippen molar-refractivity contribution in [3.63, 3.8) is 0 Å². The van der Waals surface area contributed by atoms with Crippen molar-refractivity contribution in [2.45, 2.75) is 39.2 Å². The van der Waals surface area contributed by atoms with Gasteiger partial charge < -0.3 is 16.0 Å². The normalized spacial score (nSPS) is 14.5. The molecule has 24 heavy (non-hydrogen) atoms. The van der Waals surface area contributed by atoms with E-state index < -0.39 is 0 Å². The monoisotopic (exact) mass is 353 g/mol. The molecule has 5 nitrogen and oxygen atoms in total. The van der Waals surface area contributed by atoms with E-state index >= 15 is 0 Å². The summed E-state index contributed by atoms with van der Waals surface area (Å²) in [6.07, 6.45) is 3.89. The summed E-state index contributed by atoms with van der Waals surface area (Å²) in [5.74, 6) is 0.682. The molecule has 0 bridgehead atoms. The van der Waals surface area contributed by atoms with E-state index in [2.05, 4.69) is 16.0 Å². The minimum Gasteiger partial charge on any atom is -0.352 e. The third-order valence-electron chi connectivity index (χ3n) is 4.25. The highest BCUT2D eigenvalue weighted by Gasteiger charge is 2.14. The Kier molecular flexibility index (Phi) is 9.42. The van der Waals surface area contributed by atoms with E-state index in [1.807, 2.05) is 25.1 Å². The van der Waals surface area contributed by atoms with Gasteiger partial charge in [-0.1, -0.05) is 12.1 Å². The molecule has 1 aliphatic heterocycles. The van der Waals surface area contributed by atoms with Crippen LogP contribution in [0.25, 0.3) is 0 Å². The summed E-state index contributed by atoms with van der Waals surface area (Å²) in [6, 6.07) is 7.39. The van der Waals surface area contributed by atoms with Gasteiger partial charge in [0.25, 0.3) is 5.91 Å². The van der Waals surface area contributed by atoms with Crippen LogP contribution in [0.4, 0.5) is 0 Å². The highest BCUT2D eigenvalue weighted by atomic mass is 35.5. The zero-order valence-corrected chi connectivity index (χ0v) is 15.1. The van der Waals surface area contributed by atoms with Crippen LogP contribution in [0.2, 0.25) is 0 Å². The van der Waals surface area contributed by atoms with E-state index in [1.165, 1.54) is 12.8 Å². The lowest BCUT2D eigenvalue weighted by molar-refractivity contribution is -0.121. The van der Waals surface area contributed by atoms with Gasteiger partial charge in [-0.15, -0.1) is 12.4 Å². The minimum absolute atomic E-state index is 0. The van der Waals surface area contributed by atoms with Crippen molar-refractivity contribution in [3.8, 4) is 0 Å². The van der Waals surface area contributed by atoms with E-state index in [4.69, 9.17) is 0 Å². The number of rotatable bonds is 7. The lowest BCUT2D eigenvalue weighted by Crippen LogP contribution is -2.29. The number of piperidine rings is 1. The molecule has 1 fully saturated rings. The van der Waals surface area contributed by atoms with Gasteiger partial charge in [0.2, 0.25) is 5.91 Å². The summed E-state index contributed by atoms with van der Waals surface area (Å²) in [6.45, 7) is 5.11. The number of carbonyl (C=O) groups excluding carboxylic acids is 2. The van der Waals surface area contributed by atoms with Crippen molar-refractivity contribution in [2.75, 3.05) is 19.6 Å². The fourth-order valence-corrected chi connectivity index (χ4v) is 2.88. The van der Waals surface area contributed by atoms with Crippen molar-refractivity contribution in [1.29, 1.82) is 0 Å². The fraction of sp³-hybridized carbons (Fsp3) is 0.556. The van der Waals surface area contributed by atoms with Gasteiger partial charge in [0.05, 0.1) is 0 Å². The SMILES string of the molecule is CCNC(=O)c1cccc(CNC(=O)CCC2CCNCC2)c1.Cl. The molecule has 0 spiro atoms. The smallest absolute Gasteiger partial charge is 0.251 e. The number of hydrogen-bond acceptors (Lipinski definition) is 3. The van der Waals surface area contributed by atoms with E-state index in [1.54, 1.807) is 6.07 Å². The van der Waals surface area contributed by atoms with E-state index in [0.29, 0.717) is 31.0 Å². The molecule has 1 aliphatic rings. The molecular formula is C18H28ClN3O2. The summed E-state index contributed by atoms with van der Waals surface area (Å²) < 4.78 is 0. The maximum atomic E-state index is 12.0. The van der Waals surface area contributed by atoms with Gasteiger partial charge in [-0.25, -0.2) is 0 Å². The number of halogens is 1. The Bertz CT molecular complexity index is 531. The highest BCUT2D eigenvalue weighted by molar-refractivity contribution is 5.94. The molecule has 1 heterocycles. The molecule has 2 amide bonds. The first-order chi connectivity index (χ1) is 11.2. The lowest BCUT2D eigenvalue weighted by Gasteiger charge is -2.22. The number of carbonyl (C=O) groups is 2. The molecule has 0 unspecified atom stereocenters. The van der Waals surface area contributed by atoms with Gasteiger partial charge in [0.1, 0.15) is 0 Å². The van der Waals surface area contributed by atoms with Gasteiger partial charge in [-0.05, 0) is 62.9 Å². The average Bonchev–Trinajstić information content (AvgIpc) is 2.59. The Hall–Kier alpha value is -1.59. The summed E-state index contributed by atoms with van der Waals surface area (Å²) >= 11 is 0. The fourth-order valence-electron chi connectivity index (χ4n) is 2.88. The van der Waals surface area contributed by atoms with Gasteiger partial charge in [0, 0.05) is 25.1 Å².